The fraction of sp³-hybridized carbons (Fsp3) is 0.0833. The highest BCUT2D eigenvalue weighted by Crippen LogP contribution is 2.32. The monoisotopic (exact) mass is 496 g/mol. The number of amides is 1. The van der Waals surface area contributed by atoms with Crippen molar-refractivity contribution in [1.82, 2.24) is 5.32 Å². The molecule has 1 aliphatic heterocycles. The molecule has 1 aliphatic rings. The van der Waals surface area contributed by atoms with Crippen molar-refractivity contribution in [2.24, 2.45) is 4.99 Å². The highest BCUT2D eigenvalue weighted by atomic mass is 79.9. The van der Waals surface area contributed by atoms with Crippen molar-refractivity contribution in [3.63, 3.8) is 0 Å². The fourth-order valence-corrected chi connectivity index (χ4v) is 4.08. The standard InChI is InChI=1S/C24H18BrFN2O2S/c1-15-2-9-20(10-3-15)27-24-28-23(29)22(31-24)13-17-12-18(25)6-11-21(17)30-14-16-4-7-19(26)8-5-16/h2-13H,14H2,1H3,(H,27,28,29)/b22-13+. The molecule has 4 nitrogen and oxygen atoms in total. The van der Waals surface area contributed by atoms with Crippen molar-refractivity contribution in [2.75, 3.05) is 0 Å². The molecule has 0 unspecified atom stereocenters. The second-order valence-electron chi connectivity index (χ2n) is 6.91. The maximum atomic E-state index is 13.1. The summed E-state index contributed by atoms with van der Waals surface area (Å²) in [6.45, 7) is 2.30. The number of hydrogen-bond donors (Lipinski definition) is 1. The van der Waals surface area contributed by atoms with Gasteiger partial charge in [0.25, 0.3) is 5.91 Å². The van der Waals surface area contributed by atoms with Gasteiger partial charge in [0.05, 0.1) is 10.6 Å². The zero-order valence-electron chi connectivity index (χ0n) is 16.6. The summed E-state index contributed by atoms with van der Waals surface area (Å²) in [6.07, 6.45) is 1.78. The van der Waals surface area contributed by atoms with Crippen LogP contribution in [0, 0.1) is 12.7 Å². The number of carbonyl (C=O) groups excluding carboxylic acids is 1. The zero-order chi connectivity index (χ0) is 21.8. The summed E-state index contributed by atoms with van der Waals surface area (Å²) in [6, 6.07) is 19.5. The molecule has 1 saturated heterocycles. The van der Waals surface area contributed by atoms with Crippen LogP contribution in [0.25, 0.3) is 6.08 Å². The van der Waals surface area contributed by atoms with Crippen molar-refractivity contribution >= 4 is 50.5 Å². The van der Waals surface area contributed by atoms with E-state index in [-0.39, 0.29) is 18.3 Å². The van der Waals surface area contributed by atoms with Crippen molar-refractivity contribution < 1.29 is 13.9 Å². The molecule has 31 heavy (non-hydrogen) atoms. The first-order valence-corrected chi connectivity index (χ1v) is 11.1. The summed E-state index contributed by atoms with van der Waals surface area (Å²) in [5, 5.41) is 3.33. The molecule has 1 fully saturated rings. The minimum atomic E-state index is -0.287. The number of rotatable bonds is 5. The topological polar surface area (TPSA) is 50.7 Å². The molecule has 0 aromatic heterocycles. The van der Waals surface area contributed by atoms with Gasteiger partial charge in [0.1, 0.15) is 18.2 Å². The van der Waals surface area contributed by atoms with Gasteiger partial charge in [-0.2, -0.15) is 0 Å². The number of amidine groups is 1. The van der Waals surface area contributed by atoms with Crippen molar-refractivity contribution in [2.45, 2.75) is 13.5 Å². The molecule has 1 amide bonds. The van der Waals surface area contributed by atoms with Gasteiger partial charge in [0.15, 0.2) is 5.17 Å². The van der Waals surface area contributed by atoms with Crippen LogP contribution in [0.15, 0.2) is 81.1 Å². The van der Waals surface area contributed by atoms with Crippen LogP contribution in [0.5, 0.6) is 5.75 Å². The van der Waals surface area contributed by atoms with Gasteiger partial charge in [-0.3, -0.25) is 4.79 Å². The molecule has 0 radical (unpaired) electrons. The first-order valence-electron chi connectivity index (χ1n) is 9.49. The molecule has 0 atom stereocenters. The molecule has 1 heterocycles. The highest BCUT2D eigenvalue weighted by molar-refractivity contribution is 9.10. The Hall–Kier alpha value is -2.90. The van der Waals surface area contributed by atoms with E-state index in [0.717, 1.165) is 26.9 Å². The number of nitrogens with zero attached hydrogens (tertiary/aromatic N) is 1. The highest BCUT2D eigenvalue weighted by Gasteiger charge is 2.24. The largest absolute Gasteiger partial charge is 0.488 e. The lowest BCUT2D eigenvalue weighted by atomic mass is 10.2. The Balaban J connectivity index is 1.54. The lowest BCUT2D eigenvalue weighted by Crippen LogP contribution is -2.19. The van der Waals surface area contributed by atoms with E-state index in [4.69, 9.17) is 4.74 Å². The number of benzene rings is 3. The van der Waals surface area contributed by atoms with Gasteiger partial charge in [-0.25, -0.2) is 9.38 Å². The number of aryl methyl sites for hydroxylation is 1. The number of halogens is 2. The van der Waals surface area contributed by atoms with Crippen LogP contribution < -0.4 is 10.1 Å². The van der Waals surface area contributed by atoms with Crippen LogP contribution >= 0.6 is 27.7 Å². The maximum Gasteiger partial charge on any atom is 0.264 e. The fourth-order valence-electron chi connectivity index (χ4n) is 2.86. The van der Waals surface area contributed by atoms with Gasteiger partial charge < -0.3 is 10.1 Å². The number of carbonyl (C=O) groups is 1. The Labute approximate surface area is 192 Å². The van der Waals surface area contributed by atoms with Crippen molar-refractivity contribution in [1.29, 1.82) is 0 Å². The number of ether oxygens (including phenoxy) is 1. The first kappa shape index (κ1) is 21.3. The number of hydrogen-bond acceptors (Lipinski definition) is 4. The van der Waals surface area contributed by atoms with Gasteiger partial charge in [0, 0.05) is 10.0 Å². The number of nitrogens with one attached hydrogen (secondary N) is 1. The average Bonchev–Trinajstić information content (AvgIpc) is 3.09. The third kappa shape index (κ3) is 5.62. The molecule has 3 aromatic carbocycles. The van der Waals surface area contributed by atoms with Gasteiger partial charge >= 0.3 is 0 Å². The van der Waals surface area contributed by atoms with E-state index in [2.05, 4.69) is 26.2 Å². The van der Waals surface area contributed by atoms with E-state index in [9.17, 15) is 9.18 Å². The summed E-state index contributed by atoms with van der Waals surface area (Å²) >= 11 is 4.75. The molecule has 4 rings (SSSR count). The molecule has 156 valence electrons. The smallest absolute Gasteiger partial charge is 0.264 e. The summed E-state index contributed by atoms with van der Waals surface area (Å²) in [7, 11) is 0. The molecular weight excluding hydrogens is 479 g/mol. The van der Waals surface area contributed by atoms with Crippen LogP contribution in [-0.2, 0) is 11.4 Å². The Bertz CT molecular complexity index is 1180. The van der Waals surface area contributed by atoms with Crippen LogP contribution in [0.1, 0.15) is 16.7 Å². The van der Waals surface area contributed by atoms with E-state index < -0.39 is 0 Å². The Morgan fingerprint density at radius 2 is 1.84 bits per heavy atom. The van der Waals surface area contributed by atoms with Crippen molar-refractivity contribution in [3.05, 3.63) is 98.6 Å². The van der Waals surface area contributed by atoms with Gasteiger partial charge in [-0.15, -0.1) is 0 Å². The predicted molar refractivity (Wildman–Crippen MR) is 127 cm³/mol. The zero-order valence-corrected chi connectivity index (χ0v) is 19.0. The summed E-state index contributed by atoms with van der Waals surface area (Å²) < 4.78 is 19.9. The SMILES string of the molecule is Cc1ccc(N=C2NC(=O)/C(=C\c3cc(Br)ccc3OCc3ccc(F)cc3)S2)cc1. The second kappa shape index (κ2) is 9.49. The normalized spacial score (nSPS) is 16.0. The number of thioether (sulfide) groups is 1. The molecular formula is C24H18BrFN2O2S. The van der Waals surface area contributed by atoms with Crippen molar-refractivity contribution in [3.8, 4) is 5.75 Å². The third-order valence-electron chi connectivity index (χ3n) is 4.48. The molecule has 7 heteroatoms. The summed E-state index contributed by atoms with van der Waals surface area (Å²) in [4.78, 5) is 17.5. The molecule has 0 spiro atoms. The Kier molecular flexibility index (Phi) is 6.53. The first-order chi connectivity index (χ1) is 15.0. The van der Waals surface area contributed by atoms with Crippen LogP contribution in [-0.4, -0.2) is 11.1 Å². The molecule has 0 saturated carbocycles. The summed E-state index contributed by atoms with van der Waals surface area (Å²) in [5.41, 5.74) is 3.53. The second-order valence-corrected chi connectivity index (χ2v) is 8.86. The van der Waals surface area contributed by atoms with Gasteiger partial charge in [0.2, 0.25) is 0 Å². The quantitative estimate of drug-likeness (QED) is 0.417. The van der Waals surface area contributed by atoms with E-state index >= 15 is 0 Å². The van der Waals surface area contributed by atoms with Gasteiger partial charge in [-0.1, -0.05) is 45.8 Å². The maximum absolute atomic E-state index is 13.1. The van der Waals surface area contributed by atoms with Crippen LogP contribution in [0.2, 0.25) is 0 Å². The molecule has 0 bridgehead atoms. The predicted octanol–water partition coefficient (Wildman–Crippen LogP) is 6.37. The van der Waals surface area contributed by atoms with Gasteiger partial charge in [-0.05, 0) is 72.8 Å². The molecule has 0 aliphatic carbocycles. The van der Waals surface area contributed by atoms with E-state index in [1.54, 1.807) is 18.2 Å². The number of aliphatic imine (C=N–C) groups is 1. The van der Waals surface area contributed by atoms with E-state index in [1.807, 2.05) is 49.4 Å². The molecule has 1 N–H and O–H groups in total. The lowest BCUT2D eigenvalue weighted by molar-refractivity contribution is -0.115. The van der Waals surface area contributed by atoms with E-state index in [0.29, 0.717) is 15.8 Å². The minimum Gasteiger partial charge on any atom is -0.488 e. The van der Waals surface area contributed by atoms with Crippen LogP contribution in [0.4, 0.5) is 10.1 Å². The Morgan fingerprint density at radius 3 is 2.58 bits per heavy atom. The Morgan fingerprint density at radius 1 is 1.10 bits per heavy atom. The minimum absolute atomic E-state index is 0.208. The van der Waals surface area contributed by atoms with Crippen LogP contribution in [0.3, 0.4) is 0 Å². The average molecular weight is 497 g/mol. The van der Waals surface area contributed by atoms with E-state index in [1.165, 1.54) is 23.9 Å². The molecule has 3 aromatic rings. The summed E-state index contributed by atoms with van der Waals surface area (Å²) in [5.74, 6) is 0.128. The third-order valence-corrected chi connectivity index (χ3v) is 5.88. The lowest BCUT2D eigenvalue weighted by Gasteiger charge is -2.10.